The Bertz CT molecular complexity index is 101. The maximum atomic E-state index is 3.52. The summed E-state index contributed by atoms with van der Waals surface area (Å²) in [5.74, 6) is 2.18. The number of nitrogens with one attached hydrogen (secondary N) is 1. The van der Waals surface area contributed by atoms with Gasteiger partial charge in [0.2, 0.25) is 0 Å². The molecule has 0 spiro atoms. The van der Waals surface area contributed by atoms with Crippen molar-refractivity contribution in [3.05, 3.63) is 0 Å². The Morgan fingerprint density at radius 3 is 2.56 bits per heavy atom. The van der Waals surface area contributed by atoms with Crippen molar-refractivity contribution in [1.29, 1.82) is 0 Å². The van der Waals surface area contributed by atoms with Crippen LogP contribution in [0.4, 0.5) is 0 Å². The van der Waals surface area contributed by atoms with E-state index in [0.29, 0.717) is 0 Å². The average molecular weight is 125 g/mol. The van der Waals surface area contributed by atoms with Crippen molar-refractivity contribution in [1.82, 2.24) is 5.32 Å². The Morgan fingerprint density at radius 2 is 2.00 bits per heavy atom. The second kappa shape index (κ2) is 1.98. The molecule has 2 aliphatic carbocycles. The van der Waals surface area contributed by atoms with Gasteiger partial charge in [-0.3, -0.25) is 0 Å². The molecule has 52 valence electrons. The van der Waals surface area contributed by atoms with Crippen molar-refractivity contribution in [2.45, 2.75) is 32.2 Å². The van der Waals surface area contributed by atoms with Crippen LogP contribution in [0.2, 0.25) is 0 Å². The van der Waals surface area contributed by atoms with Gasteiger partial charge < -0.3 is 5.32 Å². The molecule has 0 radical (unpaired) electrons. The van der Waals surface area contributed by atoms with Crippen molar-refractivity contribution in [3.63, 3.8) is 0 Å². The van der Waals surface area contributed by atoms with Crippen LogP contribution in [-0.2, 0) is 0 Å². The highest BCUT2D eigenvalue weighted by molar-refractivity contribution is 5.06. The van der Waals surface area contributed by atoms with Crippen molar-refractivity contribution in [2.75, 3.05) is 6.54 Å². The molecule has 2 atom stereocenters. The minimum absolute atomic E-state index is 0.934. The van der Waals surface area contributed by atoms with Gasteiger partial charge in [0, 0.05) is 6.04 Å². The molecule has 0 aromatic heterocycles. The maximum Gasteiger partial charge on any atom is 0.0130 e. The third-order valence-corrected chi connectivity index (χ3v) is 2.85. The lowest BCUT2D eigenvalue weighted by atomic mass is 10.2. The molecular weight excluding hydrogens is 110 g/mol. The van der Waals surface area contributed by atoms with E-state index in [1.165, 1.54) is 19.3 Å². The molecule has 9 heavy (non-hydrogen) atoms. The first-order valence-corrected chi connectivity index (χ1v) is 4.17. The van der Waals surface area contributed by atoms with Crippen LogP contribution >= 0.6 is 0 Å². The summed E-state index contributed by atoms with van der Waals surface area (Å²) < 4.78 is 0. The van der Waals surface area contributed by atoms with Crippen LogP contribution in [0.1, 0.15) is 26.2 Å². The van der Waals surface area contributed by atoms with E-state index in [2.05, 4.69) is 12.2 Å². The van der Waals surface area contributed by atoms with E-state index in [1.54, 1.807) is 0 Å². The van der Waals surface area contributed by atoms with Gasteiger partial charge in [-0.1, -0.05) is 13.3 Å². The molecule has 0 saturated heterocycles. The first-order chi connectivity index (χ1) is 4.43. The summed E-state index contributed by atoms with van der Waals surface area (Å²) in [5.41, 5.74) is 0. The molecule has 1 nitrogen and oxygen atoms in total. The summed E-state index contributed by atoms with van der Waals surface area (Å²) in [5, 5.41) is 3.52. The number of hydrogen-bond acceptors (Lipinski definition) is 1. The van der Waals surface area contributed by atoms with E-state index in [1.807, 2.05) is 0 Å². The zero-order chi connectivity index (χ0) is 6.27. The highest BCUT2D eigenvalue weighted by Gasteiger charge is 2.51. The summed E-state index contributed by atoms with van der Waals surface area (Å²) in [6.07, 6.45) is 4.50. The molecule has 2 unspecified atom stereocenters. The van der Waals surface area contributed by atoms with Crippen LogP contribution in [-0.4, -0.2) is 12.6 Å². The van der Waals surface area contributed by atoms with Crippen LogP contribution in [0.25, 0.3) is 0 Å². The predicted molar refractivity (Wildman–Crippen MR) is 38.3 cm³/mol. The van der Waals surface area contributed by atoms with Crippen molar-refractivity contribution >= 4 is 0 Å². The molecular formula is C8H15N. The average Bonchev–Trinajstić information content (AvgIpc) is 2.39. The van der Waals surface area contributed by atoms with Gasteiger partial charge in [0.25, 0.3) is 0 Å². The van der Waals surface area contributed by atoms with Crippen molar-refractivity contribution in [2.24, 2.45) is 11.8 Å². The van der Waals surface area contributed by atoms with Gasteiger partial charge in [-0.05, 0) is 31.2 Å². The third kappa shape index (κ3) is 0.787. The number of rotatable bonds is 2. The van der Waals surface area contributed by atoms with Crippen LogP contribution < -0.4 is 5.32 Å². The standard InChI is InChI=1S/C8H15N/c1-2-9-8-6-4-3-5-7(6)8/h6-9H,2-5H2,1H3. The van der Waals surface area contributed by atoms with E-state index in [-0.39, 0.29) is 0 Å². The molecule has 0 aliphatic heterocycles. The van der Waals surface area contributed by atoms with Gasteiger partial charge in [-0.2, -0.15) is 0 Å². The second-order valence-electron chi connectivity index (χ2n) is 3.34. The summed E-state index contributed by atoms with van der Waals surface area (Å²) in [4.78, 5) is 0. The lowest BCUT2D eigenvalue weighted by Crippen LogP contribution is -2.19. The smallest absolute Gasteiger partial charge is 0.0130 e. The topological polar surface area (TPSA) is 12.0 Å². The minimum Gasteiger partial charge on any atom is -0.314 e. The summed E-state index contributed by atoms with van der Waals surface area (Å²) in [6.45, 7) is 3.37. The fourth-order valence-electron chi connectivity index (χ4n) is 2.36. The quantitative estimate of drug-likeness (QED) is 0.588. The number of hydrogen-bond donors (Lipinski definition) is 1. The van der Waals surface area contributed by atoms with Crippen LogP contribution in [0.5, 0.6) is 0 Å². The monoisotopic (exact) mass is 125 g/mol. The molecule has 1 N–H and O–H groups in total. The van der Waals surface area contributed by atoms with Crippen molar-refractivity contribution < 1.29 is 0 Å². The molecule has 2 saturated carbocycles. The van der Waals surface area contributed by atoms with Gasteiger partial charge >= 0.3 is 0 Å². The molecule has 0 aromatic rings. The maximum absolute atomic E-state index is 3.52. The lowest BCUT2D eigenvalue weighted by molar-refractivity contribution is 0.576. The highest BCUT2D eigenvalue weighted by atomic mass is 15.0. The minimum atomic E-state index is 0.934. The Labute approximate surface area is 56.8 Å². The molecule has 0 amide bonds. The second-order valence-corrected chi connectivity index (χ2v) is 3.34. The number of fused-ring (bicyclic) bond motifs is 1. The SMILES string of the molecule is CCNC1C2CCCC21. The largest absolute Gasteiger partial charge is 0.314 e. The van der Waals surface area contributed by atoms with Gasteiger partial charge in [0.15, 0.2) is 0 Å². The first kappa shape index (κ1) is 5.72. The van der Waals surface area contributed by atoms with Gasteiger partial charge in [0.1, 0.15) is 0 Å². The first-order valence-electron chi connectivity index (χ1n) is 4.17. The van der Waals surface area contributed by atoms with E-state index in [9.17, 15) is 0 Å². The zero-order valence-electron chi connectivity index (χ0n) is 6.06. The summed E-state index contributed by atoms with van der Waals surface area (Å²) >= 11 is 0. The molecule has 0 bridgehead atoms. The van der Waals surface area contributed by atoms with Crippen LogP contribution in [0, 0.1) is 11.8 Å². The molecule has 0 aromatic carbocycles. The van der Waals surface area contributed by atoms with Crippen LogP contribution in [0.3, 0.4) is 0 Å². The van der Waals surface area contributed by atoms with Gasteiger partial charge in [-0.25, -0.2) is 0 Å². The normalized spacial score (nSPS) is 47.0. The Morgan fingerprint density at radius 1 is 1.33 bits per heavy atom. The fourth-order valence-corrected chi connectivity index (χ4v) is 2.36. The third-order valence-electron chi connectivity index (χ3n) is 2.85. The molecule has 1 heteroatoms. The zero-order valence-corrected chi connectivity index (χ0v) is 6.06. The highest BCUT2D eigenvalue weighted by Crippen LogP contribution is 2.51. The van der Waals surface area contributed by atoms with E-state index < -0.39 is 0 Å². The summed E-state index contributed by atoms with van der Waals surface area (Å²) in [7, 11) is 0. The Kier molecular flexibility index (Phi) is 1.26. The van der Waals surface area contributed by atoms with E-state index >= 15 is 0 Å². The molecule has 2 rings (SSSR count). The van der Waals surface area contributed by atoms with Crippen LogP contribution in [0.15, 0.2) is 0 Å². The van der Waals surface area contributed by atoms with E-state index in [4.69, 9.17) is 0 Å². The fraction of sp³-hybridized carbons (Fsp3) is 1.00. The molecule has 2 aliphatic rings. The Balaban J connectivity index is 1.81. The predicted octanol–water partition coefficient (Wildman–Crippen LogP) is 1.39. The van der Waals surface area contributed by atoms with Crippen molar-refractivity contribution in [3.8, 4) is 0 Å². The lowest BCUT2D eigenvalue weighted by Gasteiger charge is -2.01. The van der Waals surface area contributed by atoms with Gasteiger partial charge in [-0.15, -0.1) is 0 Å². The molecule has 0 heterocycles. The van der Waals surface area contributed by atoms with E-state index in [0.717, 1.165) is 24.4 Å². The summed E-state index contributed by atoms with van der Waals surface area (Å²) in [6, 6.07) is 0.934. The Hall–Kier alpha value is -0.0400. The molecule has 2 fully saturated rings. The van der Waals surface area contributed by atoms with Gasteiger partial charge in [0.05, 0.1) is 0 Å².